The molecule has 1 unspecified atom stereocenters. The van der Waals surface area contributed by atoms with E-state index in [1.165, 1.54) is 62.9 Å². The molecule has 0 spiro atoms. The molecule has 0 radical (unpaired) electrons. The highest BCUT2D eigenvalue weighted by Crippen LogP contribution is 2.23. The highest BCUT2D eigenvalue weighted by atomic mass is 35.5. The second kappa shape index (κ2) is 13.1. The number of hydrogen-bond donors (Lipinski definition) is 2. The molecule has 150 valence electrons. The fourth-order valence-electron chi connectivity index (χ4n) is 4.08. The van der Waals surface area contributed by atoms with Crippen LogP contribution in [0.3, 0.4) is 0 Å². The van der Waals surface area contributed by atoms with Crippen LogP contribution >= 0.6 is 0 Å². The van der Waals surface area contributed by atoms with Crippen LogP contribution in [0.25, 0.3) is 0 Å². The maximum Gasteiger partial charge on any atom is 0.223 e. The van der Waals surface area contributed by atoms with Gasteiger partial charge in [0.25, 0.3) is 0 Å². The number of quaternary nitrogens is 1. The van der Waals surface area contributed by atoms with Gasteiger partial charge < -0.3 is 33.6 Å². The van der Waals surface area contributed by atoms with E-state index >= 15 is 0 Å². The van der Waals surface area contributed by atoms with Crippen molar-refractivity contribution in [2.75, 3.05) is 19.6 Å². The van der Waals surface area contributed by atoms with Gasteiger partial charge in [-0.2, -0.15) is 0 Å². The average Bonchev–Trinajstić information content (AvgIpc) is 2.62. The van der Waals surface area contributed by atoms with Crippen molar-refractivity contribution >= 4 is 5.91 Å². The summed E-state index contributed by atoms with van der Waals surface area (Å²) < 4.78 is 0. The number of carbonyl (C=O) groups is 1. The molecule has 1 aromatic carbocycles. The third-order valence-electron chi connectivity index (χ3n) is 5.54. The van der Waals surface area contributed by atoms with Gasteiger partial charge in [0.05, 0.1) is 13.1 Å². The summed E-state index contributed by atoms with van der Waals surface area (Å²) in [5.41, 5.74) is 3.07. The van der Waals surface area contributed by atoms with E-state index in [-0.39, 0.29) is 23.4 Å². The van der Waals surface area contributed by atoms with E-state index in [9.17, 15) is 4.79 Å². The van der Waals surface area contributed by atoms with Crippen molar-refractivity contribution < 1.29 is 33.1 Å². The summed E-state index contributed by atoms with van der Waals surface area (Å²) in [5.74, 6) is 0.608. The molecule has 1 aromatic rings. The number of nitrogens with one attached hydrogen (secondary N) is 2. The Kier molecular flexibility index (Phi) is 12.5. The van der Waals surface area contributed by atoms with E-state index in [0.717, 1.165) is 25.8 Å². The van der Waals surface area contributed by atoms with Gasteiger partial charge in [-0.25, -0.2) is 0 Å². The minimum atomic E-state index is 0. The number of benzene rings is 1. The van der Waals surface area contributed by atoms with Crippen molar-refractivity contribution in [3.8, 4) is 0 Å². The first-order chi connectivity index (χ1) is 11.3. The summed E-state index contributed by atoms with van der Waals surface area (Å²) in [6.45, 7) is 4.52. The smallest absolute Gasteiger partial charge is 0.223 e. The van der Waals surface area contributed by atoms with Crippen molar-refractivity contribution in [2.45, 2.75) is 57.9 Å². The van der Waals surface area contributed by atoms with E-state index in [1.807, 2.05) is 0 Å². The van der Waals surface area contributed by atoms with Crippen molar-refractivity contribution in [1.82, 2.24) is 5.32 Å². The molecule has 26 heavy (non-hydrogen) atoms. The Morgan fingerprint density at radius 2 is 1.73 bits per heavy atom. The molecule has 6 heteroatoms. The van der Waals surface area contributed by atoms with Crippen molar-refractivity contribution in [2.24, 2.45) is 5.92 Å². The predicted octanol–water partition coefficient (Wildman–Crippen LogP) is -2.54. The first-order valence-electron chi connectivity index (χ1n) is 9.51. The van der Waals surface area contributed by atoms with Gasteiger partial charge in [0.1, 0.15) is 6.54 Å². The molecule has 1 atom stereocenters. The molecule has 0 bridgehead atoms. The maximum atomic E-state index is 12.1. The number of carbonyl (C=O) groups excluding carboxylic acids is 1. The molecule has 1 fully saturated rings. The van der Waals surface area contributed by atoms with E-state index in [1.54, 1.807) is 4.90 Å². The lowest BCUT2D eigenvalue weighted by molar-refractivity contribution is -0.916. The molecule has 1 heterocycles. The average molecular weight is 387 g/mol. The van der Waals surface area contributed by atoms with E-state index in [2.05, 4.69) is 29.6 Å². The summed E-state index contributed by atoms with van der Waals surface area (Å²) in [7, 11) is 0. The normalized spacial score (nSPS) is 19.2. The molecule has 0 aromatic heterocycles. The highest BCUT2D eigenvalue weighted by Gasteiger charge is 2.21. The maximum absolute atomic E-state index is 12.1. The molecule has 3 rings (SSSR count). The van der Waals surface area contributed by atoms with Crippen LogP contribution in [-0.2, 0) is 17.8 Å². The number of hydrogen-bond acceptors (Lipinski definition) is 1. The molecule has 1 aliphatic heterocycles. The lowest BCUT2D eigenvalue weighted by Gasteiger charge is -2.26. The Hall–Kier alpha value is -1.14. The monoisotopic (exact) mass is 386 g/mol. The van der Waals surface area contributed by atoms with E-state index in [0.29, 0.717) is 11.8 Å². The minimum Gasteiger partial charge on any atom is -1.00 e. The zero-order valence-corrected chi connectivity index (χ0v) is 16.4. The van der Waals surface area contributed by atoms with Gasteiger partial charge in [-0.15, -0.1) is 0 Å². The summed E-state index contributed by atoms with van der Waals surface area (Å²) in [4.78, 5) is 13.8. The second-order valence-electron chi connectivity index (χ2n) is 7.28. The van der Waals surface area contributed by atoms with Gasteiger partial charge in [0.2, 0.25) is 5.91 Å². The first kappa shape index (κ1) is 24.9. The number of unbranched alkanes of at least 4 members (excludes halogenated alkanes) is 1. The van der Waals surface area contributed by atoms with Crippen molar-refractivity contribution in [1.29, 1.82) is 0 Å². The van der Waals surface area contributed by atoms with Crippen LogP contribution in [0.2, 0.25) is 0 Å². The highest BCUT2D eigenvalue weighted by molar-refractivity contribution is 5.78. The van der Waals surface area contributed by atoms with Gasteiger partial charge in [-0.1, -0.05) is 43.5 Å². The lowest BCUT2D eigenvalue weighted by atomic mass is 9.89. The quantitative estimate of drug-likeness (QED) is 0.517. The largest absolute Gasteiger partial charge is 1.00 e. The zero-order chi connectivity index (χ0) is 15.9. The van der Waals surface area contributed by atoms with Crippen LogP contribution in [-0.4, -0.2) is 36.5 Å². The van der Waals surface area contributed by atoms with Crippen LogP contribution in [0, 0.1) is 5.92 Å². The first-order valence-corrected chi connectivity index (χ1v) is 9.51. The zero-order valence-electron chi connectivity index (χ0n) is 15.7. The van der Waals surface area contributed by atoms with Crippen LogP contribution in [0.4, 0.5) is 0 Å². The Morgan fingerprint density at radius 3 is 2.46 bits per heavy atom. The number of amides is 1. The van der Waals surface area contributed by atoms with E-state index < -0.39 is 0 Å². The van der Waals surface area contributed by atoms with Gasteiger partial charge in [-0.3, -0.25) is 4.79 Å². The Morgan fingerprint density at radius 1 is 1.04 bits per heavy atom. The topological polar surface area (TPSA) is 96.5 Å². The molecule has 2 aliphatic rings. The van der Waals surface area contributed by atoms with Crippen LogP contribution in [0.5, 0.6) is 0 Å². The molecule has 6 N–H and O–H groups in total. The van der Waals surface area contributed by atoms with Crippen LogP contribution in [0.1, 0.15) is 56.1 Å². The third kappa shape index (κ3) is 7.23. The Balaban J connectivity index is 0.00000208. The predicted molar refractivity (Wildman–Crippen MR) is 101 cm³/mol. The molecular formula is C20H35ClN2O3. The Bertz CT molecular complexity index is 522. The Labute approximate surface area is 163 Å². The summed E-state index contributed by atoms with van der Waals surface area (Å²) in [6.07, 6.45) is 9.52. The minimum absolute atomic E-state index is 0. The fourth-order valence-corrected chi connectivity index (χ4v) is 4.08. The van der Waals surface area contributed by atoms with E-state index in [4.69, 9.17) is 0 Å². The van der Waals surface area contributed by atoms with Crippen LogP contribution in [0.15, 0.2) is 24.3 Å². The molecular weight excluding hydrogens is 352 g/mol. The van der Waals surface area contributed by atoms with Gasteiger partial charge >= 0.3 is 0 Å². The summed E-state index contributed by atoms with van der Waals surface area (Å²) in [5, 5.41) is 3.16. The SMILES string of the molecule is O.O.O=C(NCCCC[NH+]1CCc2ccccc2C1)C1CCCCC1.[Cl-]. The number of fused-ring (bicyclic) bond motifs is 1. The number of rotatable bonds is 6. The fraction of sp³-hybridized carbons (Fsp3) is 0.650. The molecule has 1 amide bonds. The van der Waals surface area contributed by atoms with Gasteiger partial charge in [-0.05, 0) is 31.2 Å². The molecule has 1 aliphatic carbocycles. The van der Waals surface area contributed by atoms with Crippen molar-refractivity contribution in [3.05, 3.63) is 35.4 Å². The molecule has 5 nitrogen and oxygen atoms in total. The third-order valence-corrected chi connectivity index (χ3v) is 5.54. The standard InChI is InChI=1S/C20H30N2O.ClH.2H2O/c23-20(18-9-2-1-3-10-18)21-13-6-7-14-22-15-12-17-8-4-5-11-19(17)16-22;;;/h4-5,8,11,18H,1-3,6-7,9-10,12-16H2,(H,21,23);1H;2*1H2. The second-order valence-corrected chi connectivity index (χ2v) is 7.28. The lowest BCUT2D eigenvalue weighted by Crippen LogP contribution is -3.11. The van der Waals surface area contributed by atoms with Crippen molar-refractivity contribution in [3.63, 3.8) is 0 Å². The molecule has 0 saturated heterocycles. The summed E-state index contributed by atoms with van der Waals surface area (Å²) in [6, 6.07) is 8.85. The molecule has 1 saturated carbocycles. The number of halogens is 1. The van der Waals surface area contributed by atoms with Gasteiger partial charge in [0, 0.05) is 24.4 Å². The van der Waals surface area contributed by atoms with Gasteiger partial charge in [0.15, 0.2) is 0 Å². The van der Waals surface area contributed by atoms with Crippen LogP contribution < -0.4 is 22.6 Å². The summed E-state index contributed by atoms with van der Waals surface area (Å²) >= 11 is 0.